The Morgan fingerprint density at radius 2 is 2.20 bits per heavy atom. The summed E-state index contributed by atoms with van der Waals surface area (Å²) in [7, 11) is 0. The summed E-state index contributed by atoms with van der Waals surface area (Å²) in [5, 5.41) is 9.66. The number of hydrogen-bond donors (Lipinski definition) is 1. The molecule has 5 nitrogen and oxygen atoms in total. The van der Waals surface area contributed by atoms with Crippen LogP contribution in [0, 0.1) is 18.8 Å². The first kappa shape index (κ1) is 16.1. The van der Waals surface area contributed by atoms with Crippen molar-refractivity contribution in [1.82, 2.24) is 0 Å². The van der Waals surface area contributed by atoms with Crippen LogP contribution in [0.15, 0.2) is 48.6 Å². The van der Waals surface area contributed by atoms with Crippen LogP contribution in [0.5, 0.6) is 0 Å². The minimum Gasteiger partial charge on any atom is -0.481 e. The van der Waals surface area contributed by atoms with Crippen molar-refractivity contribution in [2.24, 2.45) is 11.8 Å². The molecule has 0 radical (unpaired) electrons. The van der Waals surface area contributed by atoms with E-state index in [-0.39, 0.29) is 11.9 Å². The fraction of sp³-hybridized carbons (Fsp3) is 0.400. The fourth-order valence-corrected chi connectivity index (χ4v) is 4.60. The van der Waals surface area contributed by atoms with Crippen molar-refractivity contribution in [1.29, 1.82) is 0 Å². The van der Waals surface area contributed by atoms with E-state index < -0.39 is 29.5 Å². The minimum atomic E-state index is -0.977. The highest BCUT2D eigenvalue weighted by Crippen LogP contribution is 2.56. The van der Waals surface area contributed by atoms with E-state index in [1.165, 1.54) is 0 Å². The second kappa shape index (κ2) is 5.30. The topological polar surface area (TPSA) is 66.8 Å². The van der Waals surface area contributed by atoms with Gasteiger partial charge in [-0.3, -0.25) is 9.59 Å². The molecule has 1 N–H and O–H groups in total. The quantitative estimate of drug-likeness (QED) is 0.857. The molecule has 1 aromatic rings. The monoisotopic (exact) mass is 339 g/mol. The lowest BCUT2D eigenvalue weighted by Crippen LogP contribution is -2.45. The van der Waals surface area contributed by atoms with Crippen LogP contribution < -0.4 is 4.90 Å². The number of fused-ring (bicyclic) bond motifs is 1. The van der Waals surface area contributed by atoms with E-state index in [0.717, 1.165) is 16.8 Å². The number of carbonyl (C=O) groups excluding carboxylic acids is 1. The molecule has 2 fully saturated rings. The maximum atomic E-state index is 13.3. The average molecular weight is 339 g/mol. The molecule has 0 aliphatic carbocycles. The number of aliphatic carboxylic acids is 1. The number of anilines is 1. The highest BCUT2D eigenvalue weighted by Gasteiger charge is 2.71. The molecular weight excluding hydrogens is 318 g/mol. The summed E-state index contributed by atoms with van der Waals surface area (Å²) in [5.41, 5.74) is 1.88. The first-order valence-electron chi connectivity index (χ1n) is 8.49. The van der Waals surface area contributed by atoms with Gasteiger partial charge in [-0.2, -0.15) is 0 Å². The van der Waals surface area contributed by atoms with Crippen LogP contribution in [-0.4, -0.2) is 34.7 Å². The number of amides is 1. The number of carboxylic acids is 1. The Labute approximate surface area is 146 Å². The first-order valence-corrected chi connectivity index (χ1v) is 8.49. The van der Waals surface area contributed by atoms with Gasteiger partial charge in [0.05, 0.1) is 18.1 Å². The van der Waals surface area contributed by atoms with Gasteiger partial charge in [0.1, 0.15) is 11.5 Å². The number of nitrogens with zero attached hydrogens (tertiary/aromatic N) is 1. The van der Waals surface area contributed by atoms with Crippen molar-refractivity contribution in [3.63, 3.8) is 0 Å². The Morgan fingerprint density at radius 1 is 1.44 bits per heavy atom. The highest BCUT2D eigenvalue weighted by molar-refractivity contribution is 6.03. The van der Waals surface area contributed by atoms with Crippen LogP contribution >= 0.6 is 0 Å². The predicted octanol–water partition coefficient (Wildman–Crippen LogP) is 2.70. The van der Waals surface area contributed by atoms with Gasteiger partial charge in [0.15, 0.2) is 0 Å². The summed E-state index contributed by atoms with van der Waals surface area (Å²) in [5.74, 6) is -2.67. The number of hydrogen-bond acceptors (Lipinski definition) is 3. The molecule has 0 aromatic heterocycles. The molecule has 130 valence electrons. The maximum absolute atomic E-state index is 13.3. The Balaban J connectivity index is 1.85. The summed E-state index contributed by atoms with van der Waals surface area (Å²) >= 11 is 0. The van der Waals surface area contributed by atoms with Crippen molar-refractivity contribution in [2.45, 2.75) is 38.0 Å². The molecule has 2 bridgehead atoms. The fourth-order valence-electron chi connectivity index (χ4n) is 4.60. The third kappa shape index (κ3) is 2.12. The van der Waals surface area contributed by atoms with Crippen LogP contribution in [0.3, 0.4) is 0 Å². The standard InChI is InChI=1S/C20H21NO4/c1-11(2)9-15-20-8-7-14(25-20)16(19(23)24)17(20)18(22)21(15)13-6-4-5-12(3)10-13/h4-8,10,14-17H,1,9H2,2-3H3,(H,23,24)/t14-,15-,16-,17+,20+/m0/s1. The van der Waals surface area contributed by atoms with E-state index in [0.29, 0.717) is 6.42 Å². The van der Waals surface area contributed by atoms with Gasteiger partial charge >= 0.3 is 5.97 Å². The highest BCUT2D eigenvalue weighted by atomic mass is 16.5. The lowest BCUT2D eigenvalue weighted by Gasteiger charge is -2.33. The second-order valence-corrected chi connectivity index (χ2v) is 7.36. The molecule has 4 rings (SSSR count). The van der Waals surface area contributed by atoms with Crippen molar-refractivity contribution in [2.75, 3.05) is 4.90 Å². The van der Waals surface area contributed by atoms with Gasteiger partial charge in [-0.15, -0.1) is 6.58 Å². The molecule has 3 heterocycles. The van der Waals surface area contributed by atoms with Gasteiger partial charge in [0.2, 0.25) is 5.91 Å². The van der Waals surface area contributed by atoms with Gasteiger partial charge in [-0.05, 0) is 38.0 Å². The molecule has 1 amide bonds. The van der Waals surface area contributed by atoms with Crippen molar-refractivity contribution in [3.05, 3.63) is 54.1 Å². The van der Waals surface area contributed by atoms with E-state index in [4.69, 9.17) is 4.74 Å². The number of carboxylic acid groups (broad SMARTS) is 1. The zero-order valence-corrected chi connectivity index (χ0v) is 14.3. The number of ether oxygens (including phenoxy) is 1. The maximum Gasteiger partial charge on any atom is 0.310 e. The molecule has 3 aliphatic rings. The largest absolute Gasteiger partial charge is 0.481 e. The second-order valence-electron chi connectivity index (χ2n) is 7.36. The van der Waals surface area contributed by atoms with Crippen LogP contribution in [-0.2, 0) is 14.3 Å². The Morgan fingerprint density at radius 3 is 2.84 bits per heavy atom. The Hall–Kier alpha value is -2.40. The smallest absolute Gasteiger partial charge is 0.310 e. The van der Waals surface area contributed by atoms with Gasteiger partial charge in [-0.1, -0.05) is 29.9 Å². The number of benzene rings is 1. The van der Waals surface area contributed by atoms with Gasteiger partial charge in [-0.25, -0.2) is 0 Å². The lowest BCUT2D eigenvalue weighted by atomic mass is 9.74. The van der Waals surface area contributed by atoms with E-state index in [1.54, 1.807) is 11.0 Å². The molecule has 5 heteroatoms. The van der Waals surface area contributed by atoms with E-state index in [1.807, 2.05) is 44.2 Å². The van der Waals surface area contributed by atoms with Crippen molar-refractivity contribution in [3.8, 4) is 0 Å². The van der Waals surface area contributed by atoms with Crippen LogP contribution in [0.1, 0.15) is 18.9 Å². The normalized spacial score (nSPS) is 35.3. The average Bonchev–Trinajstić information content (AvgIpc) is 3.16. The molecule has 3 aliphatic heterocycles. The number of carbonyl (C=O) groups is 2. The van der Waals surface area contributed by atoms with Gasteiger partial charge in [0.25, 0.3) is 0 Å². The molecule has 1 aromatic carbocycles. The van der Waals surface area contributed by atoms with Crippen molar-refractivity contribution >= 4 is 17.6 Å². The summed E-state index contributed by atoms with van der Waals surface area (Å²) in [4.78, 5) is 26.8. The molecule has 0 saturated carbocycles. The van der Waals surface area contributed by atoms with Crippen molar-refractivity contribution < 1.29 is 19.4 Å². The predicted molar refractivity (Wildman–Crippen MR) is 93.2 cm³/mol. The molecule has 1 spiro atoms. The van der Waals surface area contributed by atoms with Gasteiger partial charge < -0.3 is 14.7 Å². The summed E-state index contributed by atoms with van der Waals surface area (Å²) < 4.78 is 6.13. The molecular formula is C20H21NO4. The molecule has 0 unspecified atom stereocenters. The number of rotatable bonds is 4. The van der Waals surface area contributed by atoms with E-state index >= 15 is 0 Å². The SMILES string of the molecule is C=C(C)C[C@@H]1N(c2cccc(C)c2)C(=O)[C@H]2[C@@H](C(=O)O)[C@@H]3C=C[C@@]12O3. The minimum absolute atomic E-state index is 0.170. The lowest BCUT2D eigenvalue weighted by molar-refractivity contribution is -0.146. The number of aryl methyl sites for hydroxylation is 1. The van der Waals surface area contributed by atoms with Gasteiger partial charge in [0, 0.05) is 5.69 Å². The van der Waals surface area contributed by atoms with Crippen LogP contribution in [0.25, 0.3) is 0 Å². The Bertz CT molecular complexity index is 814. The van der Waals surface area contributed by atoms with Crippen LogP contribution in [0.4, 0.5) is 5.69 Å². The van der Waals surface area contributed by atoms with Crippen LogP contribution in [0.2, 0.25) is 0 Å². The van der Waals surface area contributed by atoms with E-state index in [2.05, 4.69) is 6.58 Å². The summed E-state index contributed by atoms with van der Waals surface area (Å²) in [6, 6.07) is 7.44. The molecule has 2 saturated heterocycles. The molecule has 5 atom stereocenters. The third-order valence-corrected chi connectivity index (χ3v) is 5.53. The first-order chi connectivity index (χ1) is 11.8. The Kier molecular flexibility index (Phi) is 3.41. The summed E-state index contributed by atoms with van der Waals surface area (Å²) in [6.45, 7) is 7.89. The molecule has 25 heavy (non-hydrogen) atoms. The zero-order valence-electron chi connectivity index (χ0n) is 14.3. The zero-order chi connectivity index (χ0) is 17.9. The van der Waals surface area contributed by atoms with E-state index in [9.17, 15) is 14.7 Å². The third-order valence-electron chi connectivity index (χ3n) is 5.53. The summed E-state index contributed by atoms with van der Waals surface area (Å²) in [6.07, 6.45) is 3.75.